The van der Waals surface area contributed by atoms with E-state index in [-0.39, 0.29) is 18.6 Å². The predicted molar refractivity (Wildman–Crippen MR) is 63.2 cm³/mol. The first-order valence-electron chi connectivity index (χ1n) is 5.94. The number of aliphatic hydroxyl groups excluding tert-OH is 1. The van der Waals surface area contributed by atoms with Gasteiger partial charge in [-0.05, 0) is 18.9 Å². The molecule has 0 saturated heterocycles. The first-order valence-corrected chi connectivity index (χ1v) is 5.94. The Bertz CT molecular complexity index is 415. The number of nitriles is 1. The third kappa shape index (κ3) is 2.71. The molecule has 1 fully saturated rings. The van der Waals surface area contributed by atoms with Crippen molar-refractivity contribution in [2.75, 3.05) is 11.9 Å². The van der Waals surface area contributed by atoms with E-state index >= 15 is 0 Å². The second-order valence-corrected chi connectivity index (χ2v) is 4.38. The van der Waals surface area contributed by atoms with E-state index < -0.39 is 0 Å². The van der Waals surface area contributed by atoms with Gasteiger partial charge in [0, 0.05) is 18.6 Å². The van der Waals surface area contributed by atoms with Crippen molar-refractivity contribution < 1.29 is 5.11 Å². The van der Waals surface area contributed by atoms with Gasteiger partial charge < -0.3 is 10.4 Å². The van der Waals surface area contributed by atoms with E-state index in [1.807, 2.05) is 0 Å². The second-order valence-electron chi connectivity index (χ2n) is 4.38. The van der Waals surface area contributed by atoms with E-state index in [4.69, 9.17) is 5.26 Å². The lowest BCUT2D eigenvalue weighted by Gasteiger charge is -2.31. The lowest BCUT2D eigenvalue weighted by molar-refractivity contribution is 0.178. The first kappa shape index (κ1) is 11.8. The summed E-state index contributed by atoms with van der Waals surface area (Å²) in [6, 6.07) is 3.93. The molecule has 1 aliphatic carbocycles. The fraction of sp³-hybridized carbons (Fsp3) is 0.583. The molecule has 1 saturated carbocycles. The average molecular weight is 232 g/mol. The number of rotatable bonds is 3. The summed E-state index contributed by atoms with van der Waals surface area (Å²) in [5.74, 6) is 0.776. The monoisotopic (exact) mass is 232 g/mol. The molecule has 17 heavy (non-hydrogen) atoms. The van der Waals surface area contributed by atoms with E-state index in [2.05, 4.69) is 21.6 Å². The molecule has 1 aromatic heterocycles. The van der Waals surface area contributed by atoms with Gasteiger partial charge in [-0.3, -0.25) is 0 Å². The van der Waals surface area contributed by atoms with Gasteiger partial charge in [0.05, 0.1) is 11.8 Å². The van der Waals surface area contributed by atoms with Crippen LogP contribution in [0, 0.1) is 17.2 Å². The van der Waals surface area contributed by atoms with Gasteiger partial charge in [0.1, 0.15) is 6.07 Å². The Balaban J connectivity index is 2.11. The molecule has 90 valence electrons. The van der Waals surface area contributed by atoms with Crippen LogP contribution in [0.15, 0.2) is 12.3 Å². The first-order chi connectivity index (χ1) is 8.35. The van der Waals surface area contributed by atoms with Crippen molar-refractivity contribution in [3.8, 4) is 6.07 Å². The summed E-state index contributed by atoms with van der Waals surface area (Å²) in [5, 5.41) is 29.3. The van der Waals surface area contributed by atoms with Crippen LogP contribution in [-0.4, -0.2) is 28.0 Å². The van der Waals surface area contributed by atoms with Crippen LogP contribution < -0.4 is 5.32 Å². The Morgan fingerprint density at radius 3 is 3.06 bits per heavy atom. The van der Waals surface area contributed by atoms with Crippen LogP contribution in [0.25, 0.3) is 0 Å². The normalized spacial score (nSPS) is 24.0. The molecule has 0 bridgehead atoms. The highest BCUT2D eigenvalue weighted by Gasteiger charge is 2.25. The van der Waals surface area contributed by atoms with E-state index in [1.165, 1.54) is 6.20 Å². The second kappa shape index (κ2) is 5.60. The highest BCUT2D eigenvalue weighted by Crippen LogP contribution is 2.26. The van der Waals surface area contributed by atoms with Gasteiger partial charge in [0.25, 0.3) is 0 Å². The van der Waals surface area contributed by atoms with E-state index in [9.17, 15) is 5.11 Å². The summed E-state index contributed by atoms with van der Waals surface area (Å²) in [6.07, 6.45) is 5.85. The topological polar surface area (TPSA) is 81.8 Å². The number of aromatic nitrogens is 2. The van der Waals surface area contributed by atoms with Crippen molar-refractivity contribution in [3.63, 3.8) is 0 Å². The summed E-state index contributed by atoms with van der Waals surface area (Å²) in [4.78, 5) is 0. The lowest BCUT2D eigenvalue weighted by atomic mass is 9.85. The summed E-state index contributed by atoms with van der Waals surface area (Å²) in [5.41, 5.74) is 0.502. The van der Waals surface area contributed by atoms with Gasteiger partial charge in [-0.2, -0.15) is 10.4 Å². The zero-order chi connectivity index (χ0) is 12.1. The minimum Gasteiger partial charge on any atom is -0.396 e. The van der Waals surface area contributed by atoms with Gasteiger partial charge in [-0.1, -0.05) is 12.8 Å². The van der Waals surface area contributed by atoms with Crippen molar-refractivity contribution in [2.45, 2.75) is 31.7 Å². The molecule has 0 radical (unpaired) electrons. The molecule has 1 aromatic rings. The molecule has 1 aliphatic rings. The van der Waals surface area contributed by atoms with Crippen LogP contribution in [0.5, 0.6) is 0 Å². The summed E-state index contributed by atoms with van der Waals surface area (Å²) >= 11 is 0. The maximum atomic E-state index is 9.32. The Kier molecular flexibility index (Phi) is 3.89. The highest BCUT2D eigenvalue weighted by molar-refractivity contribution is 5.50. The van der Waals surface area contributed by atoms with E-state index in [0.29, 0.717) is 11.4 Å². The van der Waals surface area contributed by atoms with Gasteiger partial charge >= 0.3 is 0 Å². The number of nitrogens with one attached hydrogen (secondary N) is 1. The predicted octanol–water partition coefficient (Wildman–Crippen LogP) is 1.31. The molecule has 1 heterocycles. The molecule has 2 atom stereocenters. The number of anilines is 1. The minimum atomic E-state index is 0.180. The van der Waals surface area contributed by atoms with Crippen molar-refractivity contribution in [1.29, 1.82) is 5.26 Å². The average Bonchev–Trinajstić information content (AvgIpc) is 2.40. The molecule has 5 nitrogen and oxygen atoms in total. The van der Waals surface area contributed by atoms with Crippen LogP contribution in [0.2, 0.25) is 0 Å². The van der Waals surface area contributed by atoms with Crippen molar-refractivity contribution >= 4 is 5.82 Å². The largest absolute Gasteiger partial charge is 0.396 e. The highest BCUT2D eigenvalue weighted by atomic mass is 16.3. The fourth-order valence-corrected chi connectivity index (χ4v) is 2.32. The van der Waals surface area contributed by atoms with Gasteiger partial charge in [0.2, 0.25) is 0 Å². The van der Waals surface area contributed by atoms with E-state index in [1.54, 1.807) is 6.07 Å². The van der Waals surface area contributed by atoms with Crippen LogP contribution in [0.3, 0.4) is 0 Å². The molecule has 5 heteroatoms. The van der Waals surface area contributed by atoms with Crippen molar-refractivity contribution in [2.24, 2.45) is 5.92 Å². The number of hydrogen-bond acceptors (Lipinski definition) is 5. The van der Waals surface area contributed by atoms with Gasteiger partial charge in [0.15, 0.2) is 5.82 Å². The summed E-state index contributed by atoms with van der Waals surface area (Å²) < 4.78 is 0. The van der Waals surface area contributed by atoms with Crippen LogP contribution >= 0.6 is 0 Å². The Labute approximate surface area is 100 Å². The molecule has 2 rings (SSSR count). The molecular weight excluding hydrogens is 216 g/mol. The van der Waals surface area contributed by atoms with Crippen molar-refractivity contribution in [3.05, 3.63) is 17.8 Å². The van der Waals surface area contributed by atoms with Crippen LogP contribution in [-0.2, 0) is 0 Å². The number of hydrogen-bond donors (Lipinski definition) is 2. The Hall–Kier alpha value is -1.67. The lowest BCUT2D eigenvalue weighted by Crippen LogP contribution is -2.34. The Morgan fingerprint density at radius 2 is 2.29 bits per heavy atom. The molecule has 0 aliphatic heterocycles. The SMILES string of the molecule is N#Cc1ccnnc1NC1CCCCC1CO. The van der Waals surface area contributed by atoms with Gasteiger partial charge in [-0.25, -0.2) is 0 Å². The molecular formula is C12H16N4O. The number of aliphatic hydroxyl groups is 1. The molecule has 2 unspecified atom stereocenters. The molecule has 0 aromatic carbocycles. The minimum absolute atomic E-state index is 0.180. The summed E-state index contributed by atoms with van der Waals surface area (Å²) in [6.45, 7) is 0.180. The van der Waals surface area contributed by atoms with E-state index in [0.717, 1.165) is 25.7 Å². The quantitative estimate of drug-likeness (QED) is 0.821. The molecule has 0 amide bonds. The molecule has 2 N–H and O–H groups in total. The van der Waals surface area contributed by atoms with Gasteiger partial charge in [-0.15, -0.1) is 5.10 Å². The smallest absolute Gasteiger partial charge is 0.166 e. The summed E-state index contributed by atoms with van der Waals surface area (Å²) in [7, 11) is 0. The van der Waals surface area contributed by atoms with Crippen LogP contribution in [0.1, 0.15) is 31.2 Å². The maximum absolute atomic E-state index is 9.32. The standard InChI is InChI=1S/C12H16N4O/c13-7-9-5-6-14-16-12(9)15-11-4-2-1-3-10(11)8-17/h5-6,10-11,17H,1-4,8H2,(H,15,16). The van der Waals surface area contributed by atoms with Crippen LogP contribution in [0.4, 0.5) is 5.82 Å². The third-order valence-corrected chi connectivity index (χ3v) is 3.31. The number of nitrogens with zero attached hydrogens (tertiary/aromatic N) is 3. The van der Waals surface area contributed by atoms with Crippen molar-refractivity contribution in [1.82, 2.24) is 10.2 Å². The fourth-order valence-electron chi connectivity index (χ4n) is 2.32. The third-order valence-electron chi connectivity index (χ3n) is 3.31. The molecule has 0 spiro atoms. The Morgan fingerprint density at radius 1 is 1.47 bits per heavy atom. The zero-order valence-electron chi connectivity index (χ0n) is 9.63. The zero-order valence-corrected chi connectivity index (χ0v) is 9.63. The maximum Gasteiger partial charge on any atom is 0.166 e.